The van der Waals surface area contributed by atoms with Gasteiger partial charge in [0.2, 0.25) is 5.95 Å². The molecule has 1 N–H and O–H groups in total. The van der Waals surface area contributed by atoms with Crippen LogP contribution in [0.15, 0.2) is 16.8 Å². The van der Waals surface area contributed by atoms with Crippen LogP contribution in [0.25, 0.3) is 0 Å². The first-order chi connectivity index (χ1) is 8.25. The fraction of sp³-hybridized carbons (Fsp3) is 0.455. The summed E-state index contributed by atoms with van der Waals surface area (Å²) in [4.78, 5) is 2.34. The highest BCUT2D eigenvalue weighted by molar-refractivity contribution is 7.71. The molecule has 2 aromatic rings. The molecule has 90 valence electrons. The molecular weight excluding hydrogens is 252 g/mol. The molecule has 0 atom stereocenters. The van der Waals surface area contributed by atoms with Crippen LogP contribution < -0.4 is 4.90 Å². The van der Waals surface area contributed by atoms with E-state index < -0.39 is 0 Å². The number of rotatable bonds is 4. The number of hydrogen-bond donors (Lipinski definition) is 1. The van der Waals surface area contributed by atoms with Gasteiger partial charge in [-0.1, -0.05) is 0 Å². The third kappa shape index (κ3) is 2.14. The molecule has 0 bridgehead atoms. The van der Waals surface area contributed by atoms with Crippen molar-refractivity contribution in [1.29, 1.82) is 0 Å². The van der Waals surface area contributed by atoms with Crippen molar-refractivity contribution in [2.75, 3.05) is 4.90 Å². The van der Waals surface area contributed by atoms with Gasteiger partial charge < -0.3 is 4.90 Å². The van der Waals surface area contributed by atoms with E-state index in [1.807, 2.05) is 11.6 Å². The highest BCUT2D eigenvalue weighted by Crippen LogP contribution is 2.32. The van der Waals surface area contributed by atoms with Crippen LogP contribution in [0, 0.1) is 4.77 Å². The van der Waals surface area contributed by atoms with Crippen LogP contribution in [0.2, 0.25) is 0 Å². The molecule has 0 amide bonds. The minimum atomic E-state index is 0.624. The number of hydrogen-bond acceptors (Lipinski definition) is 4. The van der Waals surface area contributed by atoms with Crippen LogP contribution in [-0.4, -0.2) is 20.8 Å². The molecule has 0 aromatic carbocycles. The van der Waals surface area contributed by atoms with Crippen LogP contribution in [-0.2, 0) is 13.6 Å². The topological polar surface area (TPSA) is 36.9 Å². The monoisotopic (exact) mass is 266 g/mol. The second kappa shape index (κ2) is 4.27. The number of aromatic amines is 1. The molecule has 17 heavy (non-hydrogen) atoms. The fourth-order valence-corrected chi connectivity index (χ4v) is 2.71. The standard InChI is InChI=1S/C11H14N4S2/c1-14-10(12-13-11(14)16)15(9-2-3-9)6-8-4-5-17-7-8/h4-5,7,9H,2-3,6H2,1H3,(H,13,16). The summed E-state index contributed by atoms with van der Waals surface area (Å²) in [7, 11) is 1.96. The van der Waals surface area contributed by atoms with Crippen LogP contribution in [0.4, 0.5) is 5.95 Å². The van der Waals surface area contributed by atoms with Gasteiger partial charge in [0.25, 0.3) is 0 Å². The first-order valence-electron chi connectivity index (χ1n) is 5.65. The van der Waals surface area contributed by atoms with Crippen LogP contribution >= 0.6 is 23.6 Å². The molecule has 2 aromatic heterocycles. The Morgan fingerprint density at radius 2 is 2.47 bits per heavy atom. The van der Waals surface area contributed by atoms with E-state index in [0.29, 0.717) is 10.8 Å². The Morgan fingerprint density at radius 1 is 1.65 bits per heavy atom. The van der Waals surface area contributed by atoms with Crippen molar-refractivity contribution in [3.05, 3.63) is 27.2 Å². The highest BCUT2D eigenvalue weighted by atomic mass is 32.1. The molecule has 0 saturated heterocycles. The van der Waals surface area contributed by atoms with Crippen molar-refractivity contribution in [1.82, 2.24) is 14.8 Å². The Hall–Kier alpha value is -1.14. The molecule has 6 heteroatoms. The molecule has 1 saturated carbocycles. The zero-order chi connectivity index (χ0) is 11.8. The lowest BCUT2D eigenvalue weighted by molar-refractivity contribution is 0.726. The quantitative estimate of drug-likeness (QED) is 0.865. The number of aromatic nitrogens is 3. The van der Waals surface area contributed by atoms with Crippen LogP contribution in [0.1, 0.15) is 18.4 Å². The maximum absolute atomic E-state index is 5.17. The SMILES string of the molecule is Cn1c(N(Cc2ccsc2)C2CC2)n[nH]c1=S. The van der Waals surface area contributed by atoms with Gasteiger partial charge in [-0.2, -0.15) is 11.3 Å². The first kappa shape index (κ1) is 11.0. The molecule has 1 aliphatic carbocycles. The fourth-order valence-electron chi connectivity index (χ4n) is 1.92. The van der Waals surface area contributed by atoms with Crippen LogP contribution in [0.5, 0.6) is 0 Å². The van der Waals surface area contributed by atoms with Gasteiger partial charge in [-0.3, -0.25) is 4.57 Å². The average molecular weight is 266 g/mol. The Morgan fingerprint density at radius 3 is 3.00 bits per heavy atom. The lowest BCUT2D eigenvalue weighted by Crippen LogP contribution is -2.27. The van der Waals surface area contributed by atoms with Crippen molar-refractivity contribution in [3.8, 4) is 0 Å². The molecule has 1 fully saturated rings. The van der Waals surface area contributed by atoms with E-state index >= 15 is 0 Å². The van der Waals surface area contributed by atoms with Crippen molar-refractivity contribution in [2.45, 2.75) is 25.4 Å². The number of H-pyrrole nitrogens is 1. The minimum absolute atomic E-state index is 0.624. The van der Waals surface area contributed by atoms with Gasteiger partial charge in [0.1, 0.15) is 0 Å². The largest absolute Gasteiger partial charge is 0.334 e. The van der Waals surface area contributed by atoms with Crippen molar-refractivity contribution >= 4 is 29.5 Å². The van der Waals surface area contributed by atoms with Gasteiger partial charge in [0.15, 0.2) is 4.77 Å². The van der Waals surface area contributed by atoms with E-state index in [1.54, 1.807) is 11.3 Å². The van der Waals surface area contributed by atoms with E-state index in [9.17, 15) is 0 Å². The van der Waals surface area contributed by atoms with Crippen molar-refractivity contribution in [2.24, 2.45) is 7.05 Å². The van der Waals surface area contributed by atoms with Crippen molar-refractivity contribution < 1.29 is 0 Å². The molecule has 3 rings (SSSR count). The molecule has 0 unspecified atom stereocenters. The first-order valence-corrected chi connectivity index (χ1v) is 7.00. The molecule has 4 nitrogen and oxygen atoms in total. The summed E-state index contributed by atoms with van der Waals surface area (Å²) in [5.74, 6) is 0.948. The van der Waals surface area contributed by atoms with Gasteiger partial charge >= 0.3 is 0 Å². The maximum Gasteiger partial charge on any atom is 0.226 e. The number of thiophene rings is 1. The predicted molar refractivity (Wildman–Crippen MR) is 71.9 cm³/mol. The third-order valence-electron chi connectivity index (χ3n) is 3.03. The van der Waals surface area contributed by atoms with Crippen molar-refractivity contribution in [3.63, 3.8) is 0 Å². The molecule has 0 aliphatic heterocycles. The number of nitrogens with one attached hydrogen (secondary N) is 1. The summed E-state index contributed by atoms with van der Waals surface area (Å²) in [6.45, 7) is 0.918. The molecule has 0 radical (unpaired) electrons. The summed E-state index contributed by atoms with van der Waals surface area (Å²) >= 11 is 6.90. The van der Waals surface area contributed by atoms with E-state index in [-0.39, 0.29) is 0 Å². The third-order valence-corrected chi connectivity index (χ3v) is 4.13. The summed E-state index contributed by atoms with van der Waals surface area (Å²) in [5, 5.41) is 11.5. The molecule has 0 spiro atoms. The summed E-state index contributed by atoms with van der Waals surface area (Å²) in [6.07, 6.45) is 2.51. The van der Waals surface area contributed by atoms with Gasteiger partial charge in [-0.15, -0.1) is 5.10 Å². The Balaban J connectivity index is 1.90. The molecular formula is C11H14N4S2. The highest BCUT2D eigenvalue weighted by Gasteiger charge is 2.31. The lowest BCUT2D eigenvalue weighted by Gasteiger charge is -2.22. The Bertz CT molecular complexity index is 550. The van der Waals surface area contributed by atoms with E-state index in [0.717, 1.165) is 12.5 Å². The molecule has 1 aliphatic rings. The minimum Gasteiger partial charge on any atom is -0.334 e. The zero-order valence-corrected chi connectivity index (χ0v) is 11.2. The summed E-state index contributed by atoms with van der Waals surface area (Å²) < 4.78 is 2.62. The predicted octanol–water partition coefficient (Wildman–Crippen LogP) is 2.71. The van der Waals surface area contributed by atoms with E-state index in [1.165, 1.54) is 18.4 Å². The Kier molecular flexibility index (Phi) is 2.76. The van der Waals surface area contributed by atoms with Gasteiger partial charge in [0.05, 0.1) is 0 Å². The lowest BCUT2D eigenvalue weighted by atomic mass is 10.3. The van der Waals surface area contributed by atoms with E-state index in [4.69, 9.17) is 12.2 Å². The zero-order valence-electron chi connectivity index (χ0n) is 9.59. The smallest absolute Gasteiger partial charge is 0.226 e. The second-order valence-electron chi connectivity index (χ2n) is 4.38. The number of anilines is 1. The van der Waals surface area contributed by atoms with Gasteiger partial charge in [0, 0.05) is 19.6 Å². The van der Waals surface area contributed by atoms with E-state index in [2.05, 4.69) is 31.9 Å². The maximum atomic E-state index is 5.17. The molecule has 2 heterocycles. The second-order valence-corrected chi connectivity index (χ2v) is 5.55. The number of nitrogens with zero attached hydrogens (tertiary/aromatic N) is 3. The van der Waals surface area contributed by atoms with Gasteiger partial charge in [-0.05, 0) is 47.4 Å². The van der Waals surface area contributed by atoms with Gasteiger partial charge in [-0.25, -0.2) is 5.10 Å². The van der Waals surface area contributed by atoms with Crippen LogP contribution in [0.3, 0.4) is 0 Å². The average Bonchev–Trinajstić information content (AvgIpc) is 2.95. The normalized spacial score (nSPS) is 15.1. The Labute approximate surface area is 109 Å². The summed E-state index contributed by atoms with van der Waals surface area (Å²) in [6, 6.07) is 2.79. The summed E-state index contributed by atoms with van der Waals surface area (Å²) in [5.41, 5.74) is 1.34.